The molecule has 0 aliphatic rings. The van der Waals surface area contributed by atoms with Crippen molar-refractivity contribution in [2.45, 2.75) is 6.61 Å². The lowest BCUT2D eigenvalue weighted by atomic mass is 10.2. The van der Waals surface area contributed by atoms with Crippen LogP contribution >= 0.6 is 11.3 Å². The Hall–Kier alpha value is -2.48. The Morgan fingerprint density at radius 3 is 3.05 bits per heavy atom. The molecule has 3 aromatic rings. The molecule has 0 bridgehead atoms. The van der Waals surface area contributed by atoms with Crippen molar-refractivity contribution in [3.8, 4) is 0 Å². The van der Waals surface area contributed by atoms with Crippen LogP contribution in [0.25, 0.3) is 10.1 Å². The second kappa shape index (κ2) is 4.89. The Balaban J connectivity index is 1.75. The van der Waals surface area contributed by atoms with Gasteiger partial charge in [0.1, 0.15) is 4.88 Å². The summed E-state index contributed by atoms with van der Waals surface area (Å²) >= 11 is 1.36. The molecule has 0 amide bonds. The zero-order valence-corrected chi connectivity index (χ0v) is 11.4. The van der Waals surface area contributed by atoms with Gasteiger partial charge in [-0.2, -0.15) is 4.80 Å². The number of nitrogens with two attached hydrogens (primary N) is 1. The molecule has 0 atom stereocenters. The summed E-state index contributed by atoms with van der Waals surface area (Å²) in [7, 11) is 1.65. The van der Waals surface area contributed by atoms with Crippen LogP contribution in [0.15, 0.2) is 24.3 Å². The minimum Gasteiger partial charge on any atom is -0.453 e. The number of carbonyl (C=O) groups excluding carboxylic acids is 1. The standard InChI is InChI=1S/C12H11N5O2S/c1-17-15-11(14-16-17)6-19-12(18)10-5-7-4-8(13)2-3-9(7)20-10/h2-5H,6,13H2,1H3. The highest BCUT2D eigenvalue weighted by Gasteiger charge is 2.13. The Kier molecular flexibility index (Phi) is 3.07. The number of aromatic nitrogens is 4. The quantitative estimate of drug-likeness (QED) is 0.578. The highest BCUT2D eigenvalue weighted by Crippen LogP contribution is 2.27. The van der Waals surface area contributed by atoms with Crippen LogP contribution in [-0.2, 0) is 18.4 Å². The van der Waals surface area contributed by atoms with Crippen LogP contribution in [0.3, 0.4) is 0 Å². The monoisotopic (exact) mass is 289 g/mol. The molecule has 102 valence electrons. The average molecular weight is 289 g/mol. The van der Waals surface area contributed by atoms with Crippen molar-refractivity contribution in [2.75, 3.05) is 5.73 Å². The maximum atomic E-state index is 12.0. The summed E-state index contributed by atoms with van der Waals surface area (Å²) < 4.78 is 6.14. The number of ether oxygens (including phenoxy) is 1. The summed E-state index contributed by atoms with van der Waals surface area (Å²) in [6, 6.07) is 7.28. The van der Waals surface area contributed by atoms with Crippen LogP contribution in [0.5, 0.6) is 0 Å². The number of thiophene rings is 1. The summed E-state index contributed by atoms with van der Waals surface area (Å²) in [6.45, 7) is 0.00303. The molecule has 2 aromatic heterocycles. The van der Waals surface area contributed by atoms with Gasteiger partial charge in [0.2, 0.25) is 5.82 Å². The first-order chi connectivity index (χ1) is 9.61. The highest BCUT2D eigenvalue weighted by atomic mass is 32.1. The van der Waals surface area contributed by atoms with Crippen molar-refractivity contribution >= 4 is 33.1 Å². The zero-order valence-electron chi connectivity index (χ0n) is 10.6. The Labute approximate surface area is 118 Å². The predicted octanol–water partition coefficient (Wildman–Crippen LogP) is 1.36. The average Bonchev–Trinajstić information content (AvgIpc) is 3.01. The maximum absolute atomic E-state index is 12.0. The van der Waals surface area contributed by atoms with Gasteiger partial charge < -0.3 is 10.5 Å². The minimum atomic E-state index is -0.405. The van der Waals surface area contributed by atoms with Crippen LogP contribution < -0.4 is 5.73 Å². The second-order valence-corrected chi connectivity index (χ2v) is 5.26. The number of nitrogen functional groups attached to an aromatic ring is 1. The number of anilines is 1. The third-order valence-electron chi connectivity index (χ3n) is 2.62. The minimum absolute atomic E-state index is 0.00303. The molecule has 0 radical (unpaired) electrons. The van der Waals surface area contributed by atoms with E-state index in [1.54, 1.807) is 19.2 Å². The van der Waals surface area contributed by atoms with Crippen LogP contribution in [-0.4, -0.2) is 26.2 Å². The second-order valence-electron chi connectivity index (χ2n) is 4.18. The molecule has 0 spiro atoms. The Bertz CT molecular complexity index is 779. The molecule has 2 N–H and O–H groups in total. The van der Waals surface area contributed by atoms with Crippen molar-refractivity contribution in [3.63, 3.8) is 0 Å². The molecule has 0 aliphatic carbocycles. The number of aryl methyl sites for hydroxylation is 1. The number of hydrogen-bond acceptors (Lipinski definition) is 7. The van der Waals surface area contributed by atoms with E-state index in [-0.39, 0.29) is 6.61 Å². The Morgan fingerprint density at radius 1 is 1.45 bits per heavy atom. The van der Waals surface area contributed by atoms with Crippen molar-refractivity contribution in [2.24, 2.45) is 7.05 Å². The fraction of sp³-hybridized carbons (Fsp3) is 0.167. The number of carbonyl (C=O) groups is 1. The topological polar surface area (TPSA) is 95.9 Å². The van der Waals surface area contributed by atoms with E-state index in [2.05, 4.69) is 15.4 Å². The molecule has 2 heterocycles. The van der Waals surface area contributed by atoms with Gasteiger partial charge in [0.25, 0.3) is 0 Å². The zero-order chi connectivity index (χ0) is 14.1. The largest absolute Gasteiger partial charge is 0.453 e. The van der Waals surface area contributed by atoms with Crippen LogP contribution in [0, 0.1) is 0 Å². The number of esters is 1. The van der Waals surface area contributed by atoms with Gasteiger partial charge in [-0.05, 0) is 34.9 Å². The highest BCUT2D eigenvalue weighted by molar-refractivity contribution is 7.20. The number of hydrogen-bond donors (Lipinski definition) is 1. The summed E-state index contributed by atoms with van der Waals surface area (Å²) in [4.78, 5) is 13.8. The lowest BCUT2D eigenvalue weighted by molar-refractivity contribution is 0.0468. The molecule has 8 heteroatoms. The first-order valence-electron chi connectivity index (χ1n) is 5.81. The van der Waals surface area contributed by atoms with Crippen molar-refractivity contribution in [1.82, 2.24) is 20.2 Å². The van der Waals surface area contributed by atoms with Crippen LogP contribution in [0.2, 0.25) is 0 Å². The normalized spacial score (nSPS) is 10.8. The third-order valence-corrected chi connectivity index (χ3v) is 3.72. The SMILES string of the molecule is Cn1nnc(COC(=O)c2cc3cc(N)ccc3s2)n1. The third kappa shape index (κ3) is 2.45. The fourth-order valence-electron chi connectivity index (χ4n) is 1.74. The lowest BCUT2D eigenvalue weighted by Crippen LogP contribution is -2.04. The van der Waals surface area contributed by atoms with E-state index < -0.39 is 5.97 Å². The smallest absolute Gasteiger partial charge is 0.348 e. The van der Waals surface area contributed by atoms with Crippen LogP contribution in [0.1, 0.15) is 15.5 Å². The summed E-state index contributed by atoms with van der Waals surface area (Å²) in [5.74, 6) is -0.0385. The van der Waals surface area contributed by atoms with E-state index in [1.807, 2.05) is 12.1 Å². The van der Waals surface area contributed by atoms with Crippen LogP contribution in [0.4, 0.5) is 5.69 Å². The first-order valence-corrected chi connectivity index (χ1v) is 6.62. The molecule has 1 aromatic carbocycles. The van der Waals surface area contributed by atoms with E-state index in [0.29, 0.717) is 16.4 Å². The summed E-state index contributed by atoms with van der Waals surface area (Å²) in [5, 5.41) is 12.3. The van der Waals surface area contributed by atoms with Crippen molar-refractivity contribution < 1.29 is 9.53 Å². The molecule has 0 saturated carbocycles. The Morgan fingerprint density at radius 2 is 2.30 bits per heavy atom. The molecule has 0 saturated heterocycles. The predicted molar refractivity (Wildman–Crippen MR) is 74.2 cm³/mol. The molecule has 0 unspecified atom stereocenters. The molecule has 7 nitrogen and oxygen atoms in total. The molecule has 3 rings (SSSR count). The van der Waals surface area contributed by atoms with Crippen molar-refractivity contribution in [1.29, 1.82) is 0 Å². The van der Waals surface area contributed by atoms with Gasteiger partial charge in [-0.3, -0.25) is 0 Å². The fourth-order valence-corrected chi connectivity index (χ4v) is 2.68. The summed E-state index contributed by atoms with van der Waals surface area (Å²) in [5.41, 5.74) is 6.37. The first kappa shape index (κ1) is 12.5. The van der Waals surface area contributed by atoms with E-state index in [1.165, 1.54) is 16.1 Å². The number of benzene rings is 1. The number of fused-ring (bicyclic) bond motifs is 1. The van der Waals surface area contributed by atoms with Gasteiger partial charge in [0, 0.05) is 10.4 Å². The number of nitrogens with zero attached hydrogens (tertiary/aromatic N) is 4. The maximum Gasteiger partial charge on any atom is 0.348 e. The molecular formula is C12H11N5O2S. The summed E-state index contributed by atoms with van der Waals surface area (Å²) in [6.07, 6.45) is 0. The number of tetrazole rings is 1. The van der Waals surface area contributed by atoms with Gasteiger partial charge >= 0.3 is 5.97 Å². The van der Waals surface area contributed by atoms with Gasteiger partial charge in [-0.25, -0.2) is 4.79 Å². The van der Waals surface area contributed by atoms with E-state index in [0.717, 1.165) is 10.1 Å². The molecule has 20 heavy (non-hydrogen) atoms. The van der Waals surface area contributed by atoms with E-state index >= 15 is 0 Å². The lowest BCUT2D eigenvalue weighted by Gasteiger charge is -1.98. The van der Waals surface area contributed by atoms with E-state index in [4.69, 9.17) is 10.5 Å². The van der Waals surface area contributed by atoms with Gasteiger partial charge in [-0.1, -0.05) is 0 Å². The van der Waals surface area contributed by atoms with Gasteiger partial charge in [0.05, 0.1) is 7.05 Å². The number of rotatable bonds is 3. The molecule has 0 fully saturated rings. The van der Waals surface area contributed by atoms with E-state index in [9.17, 15) is 4.79 Å². The van der Waals surface area contributed by atoms with Crippen molar-refractivity contribution in [3.05, 3.63) is 35.0 Å². The molecular weight excluding hydrogens is 278 g/mol. The van der Waals surface area contributed by atoms with Gasteiger partial charge in [-0.15, -0.1) is 21.5 Å². The molecule has 0 aliphatic heterocycles. The van der Waals surface area contributed by atoms with Gasteiger partial charge in [0.15, 0.2) is 6.61 Å².